The zero-order valence-corrected chi connectivity index (χ0v) is 15.8. The number of nitrogens with zero attached hydrogens (tertiary/aromatic N) is 4. The third-order valence-corrected chi connectivity index (χ3v) is 5.17. The van der Waals surface area contributed by atoms with Gasteiger partial charge >= 0.3 is 0 Å². The Morgan fingerprint density at radius 3 is 3.00 bits per heavy atom. The maximum Gasteiger partial charge on any atom is 0.276 e. The summed E-state index contributed by atoms with van der Waals surface area (Å²) in [6.07, 6.45) is 3.53. The molecule has 3 heterocycles. The number of aromatic nitrogens is 3. The molecule has 4 rings (SSSR count). The molecule has 0 spiro atoms. The summed E-state index contributed by atoms with van der Waals surface area (Å²) in [5, 5.41) is 4.35. The normalized spacial score (nSPS) is 16.9. The Hall–Kier alpha value is -2.80. The van der Waals surface area contributed by atoms with Crippen LogP contribution in [0.25, 0.3) is 11.6 Å². The minimum Gasteiger partial charge on any atom is -0.342 e. The molecule has 8 heteroatoms. The molecule has 0 aliphatic carbocycles. The van der Waals surface area contributed by atoms with Gasteiger partial charge in [-0.1, -0.05) is 28.9 Å². The monoisotopic (exact) mass is 400 g/mol. The number of amides is 1. The minimum absolute atomic E-state index is 0.00241. The van der Waals surface area contributed by atoms with E-state index in [0.717, 1.165) is 12.8 Å². The smallest absolute Gasteiger partial charge is 0.276 e. The second-order valence-electron chi connectivity index (χ2n) is 6.76. The van der Waals surface area contributed by atoms with Crippen molar-refractivity contribution in [3.8, 4) is 11.6 Å². The quantitative estimate of drug-likeness (QED) is 0.664. The van der Waals surface area contributed by atoms with Gasteiger partial charge in [-0.15, -0.1) is 0 Å². The minimum atomic E-state index is -0.417. The maximum absolute atomic E-state index is 13.2. The molecule has 6 nitrogen and oxygen atoms in total. The highest BCUT2D eigenvalue weighted by atomic mass is 35.5. The number of pyridine rings is 1. The first kappa shape index (κ1) is 18.6. The van der Waals surface area contributed by atoms with Crippen LogP contribution < -0.4 is 0 Å². The summed E-state index contributed by atoms with van der Waals surface area (Å²) >= 11 is 6.05. The second-order valence-corrected chi connectivity index (χ2v) is 7.17. The Morgan fingerprint density at radius 1 is 1.32 bits per heavy atom. The number of likely N-dealkylation sites (tertiary alicyclic amines) is 1. The first-order chi connectivity index (χ1) is 13.6. The SMILES string of the molecule is O=C(Cc1ccc(F)cc1Cl)N1CCC[C@@H](c2noc(-c3ccccn3)n2)C1. The van der Waals surface area contributed by atoms with Crippen molar-refractivity contribution in [2.24, 2.45) is 0 Å². The summed E-state index contributed by atoms with van der Waals surface area (Å²) in [5.41, 5.74) is 1.24. The molecule has 1 aliphatic rings. The Balaban J connectivity index is 1.44. The van der Waals surface area contributed by atoms with Crippen molar-refractivity contribution in [2.45, 2.75) is 25.2 Å². The van der Waals surface area contributed by atoms with Crippen molar-refractivity contribution >= 4 is 17.5 Å². The molecule has 144 valence electrons. The van der Waals surface area contributed by atoms with Crippen molar-refractivity contribution in [3.63, 3.8) is 0 Å². The standard InChI is InChI=1S/C20H18ClFN4O2/c21-16-11-15(22)7-6-13(16)10-18(27)26-9-3-4-14(12-26)19-24-20(28-25-19)17-5-1-2-8-23-17/h1-2,5-8,11,14H,3-4,9-10,12H2/t14-/m1/s1. The average molecular weight is 401 g/mol. The lowest BCUT2D eigenvalue weighted by Gasteiger charge is -2.31. The van der Waals surface area contributed by atoms with Crippen LogP contribution in [0.3, 0.4) is 0 Å². The van der Waals surface area contributed by atoms with E-state index < -0.39 is 5.82 Å². The van der Waals surface area contributed by atoms with Gasteiger partial charge in [0.15, 0.2) is 5.82 Å². The van der Waals surface area contributed by atoms with Gasteiger partial charge in [0.1, 0.15) is 11.5 Å². The summed E-state index contributed by atoms with van der Waals surface area (Å²) in [6, 6.07) is 9.57. The van der Waals surface area contributed by atoms with Gasteiger partial charge in [-0.25, -0.2) is 4.39 Å². The summed E-state index contributed by atoms with van der Waals surface area (Å²) in [4.78, 5) is 23.2. The summed E-state index contributed by atoms with van der Waals surface area (Å²) in [5.74, 6) is 0.490. The topological polar surface area (TPSA) is 72.1 Å². The summed E-state index contributed by atoms with van der Waals surface area (Å²) < 4.78 is 18.5. The van der Waals surface area contributed by atoms with Gasteiger partial charge in [0.05, 0.1) is 6.42 Å². The van der Waals surface area contributed by atoms with E-state index in [4.69, 9.17) is 16.1 Å². The summed E-state index contributed by atoms with van der Waals surface area (Å²) in [6.45, 7) is 1.18. The van der Waals surface area contributed by atoms with Crippen molar-refractivity contribution in [3.05, 3.63) is 64.8 Å². The van der Waals surface area contributed by atoms with Crippen LogP contribution in [0.15, 0.2) is 47.1 Å². The van der Waals surface area contributed by atoms with Gasteiger partial charge in [0.2, 0.25) is 5.91 Å². The highest BCUT2D eigenvalue weighted by Crippen LogP contribution is 2.27. The first-order valence-electron chi connectivity index (χ1n) is 9.07. The van der Waals surface area contributed by atoms with Gasteiger partial charge in [0, 0.05) is 30.2 Å². The van der Waals surface area contributed by atoms with Crippen LogP contribution in [-0.4, -0.2) is 39.0 Å². The van der Waals surface area contributed by atoms with Crippen molar-refractivity contribution in [1.82, 2.24) is 20.0 Å². The van der Waals surface area contributed by atoms with E-state index in [2.05, 4.69) is 15.1 Å². The first-order valence-corrected chi connectivity index (χ1v) is 9.44. The Bertz CT molecular complexity index is 979. The molecule has 1 saturated heterocycles. The van der Waals surface area contributed by atoms with E-state index in [1.165, 1.54) is 12.1 Å². The van der Waals surface area contributed by atoms with Gasteiger partial charge in [-0.3, -0.25) is 9.78 Å². The predicted molar refractivity (Wildman–Crippen MR) is 101 cm³/mol. The van der Waals surface area contributed by atoms with Gasteiger partial charge in [-0.05, 0) is 42.7 Å². The largest absolute Gasteiger partial charge is 0.342 e. The third kappa shape index (κ3) is 4.04. The lowest BCUT2D eigenvalue weighted by Crippen LogP contribution is -2.40. The fourth-order valence-electron chi connectivity index (χ4n) is 3.35. The number of carbonyl (C=O) groups is 1. The predicted octanol–water partition coefficient (Wildman–Crippen LogP) is 3.87. The lowest BCUT2D eigenvalue weighted by molar-refractivity contribution is -0.131. The van der Waals surface area contributed by atoms with E-state index in [-0.39, 0.29) is 23.3 Å². The van der Waals surface area contributed by atoms with E-state index in [1.54, 1.807) is 23.2 Å². The Morgan fingerprint density at radius 2 is 2.21 bits per heavy atom. The number of benzene rings is 1. The molecule has 3 aromatic rings. The molecule has 1 aromatic carbocycles. The summed E-state index contributed by atoms with van der Waals surface area (Å²) in [7, 11) is 0. The molecule has 1 atom stereocenters. The molecule has 0 N–H and O–H groups in total. The molecular formula is C20H18ClFN4O2. The molecule has 28 heavy (non-hydrogen) atoms. The molecule has 0 bridgehead atoms. The van der Waals surface area contributed by atoms with Crippen LogP contribution in [0, 0.1) is 5.82 Å². The lowest BCUT2D eigenvalue weighted by atomic mass is 9.96. The van der Waals surface area contributed by atoms with Gasteiger partial charge in [0.25, 0.3) is 5.89 Å². The number of hydrogen-bond acceptors (Lipinski definition) is 5. The van der Waals surface area contributed by atoms with Crippen LogP contribution in [0.5, 0.6) is 0 Å². The fourth-order valence-corrected chi connectivity index (χ4v) is 3.58. The number of hydrogen-bond donors (Lipinski definition) is 0. The molecular weight excluding hydrogens is 383 g/mol. The molecule has 1 fully saturated rings. The van der Waals surface area contributed by atoms with Crippen molar-refractivity contribution < 1.29 is 13.7 Å². The Kier molecular flexibility index (Phi) is 5.34. The number of halogens is 2. The van der Waals surface area contributed by atoms with Crippen LogP contribution >= 0.6 is 11.6 Å². The zero-order valence-electron chi connectivity index (χ0n) is 15.0. The van der Waals surface area contributed by atoms with E-state index >= 15 is 0 Å². The molecule has 2 aromatic heterocycles. The molecule has 1 aliphatic heterocycles. The average Bonchev–Trinajstić information content (AvgIpc) is 3.21. The highest BCUT2D eigenvalue weighted by Gasteiger charge is 2.28. The number of piperidine rings is 1. The van der Waals surface area contributed by atoms with Crippen molar-refractivity contribution in [1.29, 1.82) is 0 Å². The Labute approximate surface area is 166 Å². The van der Waals surface area contributed by atoms with E-state index in [9.17, 15) is 9.18 Å². The van der Waals surface area contributed by atoms with Crippen LogP contribution in [0.4, 0.5) is 4.39 Å². The van der Waals surface area contributed by atoms with Gasteiger partial charge in [-0.2, -0.15) is 4.98 Å². The van der Waals surface area contributed by atoms with Crippen LogP contribution in [0.2, 0.25) is 5.02 Å². The maximum atomic E-state index is 13.2. The molecule has 0 saturated carbocycles. The van der Waals surface area contributed by atoms with Crippen LogP contribution in [0.1, 0.15) is 30.1 Å². The van der Waals surface area contributed by atoms with Gasteiger partial charge < -0.3 is 9.42 Å². The number of rotatable bonds is 4. The van der Waals surface area contributed by atoms with Crippen LogP contribution in [-0.2, 0) is 11.2 Å². The van der Waals surface area contributed by atoms with E-state index in [0.29, 0.717) is 36.1 Å². The molecule has 0 radical (unpaired) electrons. The fraction of sp³-hybridized carbons (Fsp3) is 0.300. The zero-order chi connectivity index (χ0) is 19.5. The highest BCUT2D eigenvalue weighted by molar-refractivity contribution is 6.31. The molecule has 1 amide bonds. The molecule has 0 unspecified atom stereocenters. The third-order valence-electron chi connectivity index (χ3n) is 4.82. The number of carbonyl (C=O) groups excluding carboxylic acids is 1. The van der Waals surface area contributed by atoms with E-state index in [1.807, 2.05) is 12.1 Å². The van der Waals surface area contributed by atoms with Crippen molar-refractivity contribution in [2.75, 3.05) is 13.1 Å². The second kappa shape index (κ2) is 8.06.